The average Bonchev–Trinajstić information content (AvgIpc) is 3.14. The largest absolute Gasteiger partial charge is 0.377 e. The maximum atomic E-state index is 11.8. The molecule has 3 heterocycles. The van der Waals surface area contributed by atoms with Crippen molar-refractivity contribution in [2.24, 2.45) is 0 Å². The van der Waals surface area contributed by atoms with Crippen LogP contribution in [-0.2, 0) is 16.0 Å². The van der Waals surface area contributed by atoms with E-state index in [0.717, 1.165) is 39.7 Å². The van der Waals surface area contributed by atoms with Gasteiger partial charge in [-0.2, -0.15) is 0 Å². The standard InChI is InChI=1S/C23H19N5O2/c1-30-14-17(29)13-15-8-10-16(11-9-15)22-26-27-23-18-5-2-3-6-19(18)25-21-20(28(22)23)7-4-12-24-21/h2-12H,13-14H2,1H3,(H,24,25). The van der Waals surface area contributed by atoms with E-state index in [-0.39, 0.29) is 12.4 Å². The first-order valence-electron chi connectivity index (χ1n) is 9.62. The highest BCUT2D eigenvalue weighted by Gasteiger charge is 2.24. The molecule has 148 valence electrons. The molecule has 0 saturated heterocycles. The molecule has 1 aliphatic rings. The van der Waals surface area contributed by atoms with Crippen LogP contribution in [0, 0.1) is 0 Å². The second kappa shape index (κ2) is 7.53. The van der Waals surface area contributed by atoms with E-state index in [0.29, 0.717) is 12.2 Å². The summed E-state index contributed by atoms with van der Waals surface area (Å²) in [5, 5.41) is 12.4. The Morgan fingerprint density at radius 3 is 2.63 bits per heavy atom. The average molecular weight is 397 g/mol. The van der Waals surface area contributed by atoms with Crippen molar-refractivity contribution in [2.45, 2.75) is 6.42 Å². The Hall–Kier alpha value is -3.84. The highest BCUT2D eigenvalue weighted by atomic mass is 16.5. The molecule has 0 saturated carbocycles. The van der Waals surface area contributed by atoms with Crippen LogP contribution in [0.1, 0.15) is 5.56 Å². The number of methoxy groups -OCH3 is 1. The first kappa shape index (κ1) is 18.2. The lowest BCUT2D eigenvalue weighted by Gasteiger charge is -2.11. The molecule has 4 aromatic rings. The van der Waals surface area contributed by atoms with Crippen LogP contribution in [0.2, 0.25) is 0 Å². The fourth-order valence-electron chi connectivity index (χ4n) is 3.67. The van der Waals surface area contributed by atoms with Crippen molar-refractivity contribution in [2.75, 3.05) is 19.0 Å². The molecule has 0 fully saturated rings. The molecular weight excluding hydrogens is 378 g/mol. The Morgan fingerprint density at radius 1 is 1.00 bits per heavy atom. The third-order valence-electron chi connectivity index (χ3n) is 5.03. The summed E-state index contributed by atoms with van der Waals surface area (Å²) in [6.07, 6.45) is 2.10. The number of carbonyl (C=O) groups is 1. The molecular formula is C23H19N5O2. The van der Waals surface area contributed by atoms with Crippen molar-refractivity contribution in [3.8, 4) is 28.5 Å². The summed E-state index contributed by atoms with van der Waals surface area (Å²) in [6.45, 7) is 0.121. The Bertz CT molecular complexity index is 1230. The third-order valence-corrected chi connectivity index (χ3v) is 5.03. The van der Waals surface area contributed by atoms with Crippen LogP contribution < -0.4 is 5.32 Å². The van der Waals surface area contributed by atoms with Gasteiger partial charge in [-0.05, 0) is 29.8 Å². The smallest absolute Gasteiger partial charge is 0.171 e. The van der Waals surface area contributed by atoms with Crippen LogP contribution in [0.15, 0.2) is 66.9 Å². The molecule has 1 N–H and O–H groups in total. The van der Waals surface area contributed by atoms with Gasteiger partial charge in [-0.25, -0.2) is 4.98 Å². The monoisotopic (exact) mass is 397 g/mol. The number of aromatic nitrogens is 4. The number of nitrogens with zero attached hydrogens (tertiary/aromatic N) is 4. The van der Waals surface area contributed by atoms with Crippen LogP contribution in [0.3, 0.4) is 0 Å². The van der Waals surface area contributed by atoms with Gasteiger partial charge in [0.25, 0.3) is 0 Å². The molecule has 0 radical (unpaired) electrons. The summed E-state index contributed by atoms with van der Waals surface area (Å²) in [4.78, 5) is 16.4. The zero-order chi connectivity index (χ0) is 20.5. The first-order chi connectivity index (χ1) is 14.7. The number of carbonyl (C=O) groups excluding carboxylic acids is 1. The number of benzene rings is 2. The minimum atomic E-state index is 0.0456. The minimum absolute atomic E-state index is 0.0456. The number of nitrogens with one attached hydrogen (secondary N) is 1. The number of para-hydroxylation sites is 1. The number of pyridine rings is 1. The van der Waals surface area contributed by atoms with Gasteiger partial charge in [0, 0.05) is 30.9 Å². The van der Waals surface area contributed by atoms with Gasteiger partial charge < -0.3 is 10.1 Å². The molecule has 1 aliphatic heterocycles. The second-order valence-corrected chi connectivity index (χ2v) is 7.07. The van der Waals surface area contributed by atoms with E-state index in [2.05, 4.69) is 20.5 Å². The minimum Gasteiger partial charge on any atom is -0.377 e. The van der Waals surface area contributed by atoms with E-state index < -0.39 is 0 Å². The maximum Gasteiger partial charge on any atom is 0.171 e. The SMILES string of the molecule is COCC(=O)Cc1ccc(-c2nnc3n2-c2cccnc2Nc2ccccc2-3)cc1. The maximum absolute atomic E-state index is 11.8. The molecule has 7 heteroatoms. The van der Waals surface area contributed by atoms with Gasteiger partial charge in [0.2, 0.25) is 0 Å². The van der Waals surface area contributed by atoms with Gasteiger partial charge in [0.05, 0.1) is 11.4 Å². The Balaban J connectivity index is 1.61. The molecule has 0 aliphatic carbocycles. The van der Waals surface area contributed by atoms with Crippen LogP contribution in [-0.4, -0.2) is 39.2 Å². The van der Waals surface area contributed by atoms with Crippen molar-refractivity contribution < 1.29 is 9.53 Å². The third kappa shape index (κ3) is 3.15. The molecule has 0 unspecified atom stereocenters. The number of hydrogen-bond donors (Lipinski definition) is 1. The number of fused-ring (bicyclic) bond motifs is 5. The summed E-state index contributed by atoms with van der Waals surface area (Å²) in [6, 6.07) is 19.7. The Morgan fingerprint density at radius 2 is 1.80 bits per heavy atom. The fraction of sp³-hybridized carbons (Fsp3) is 0.130. The van der Waals surface area contributed by atoms with Crippen LogP contribution >= 0.6 is 0 Å². The van der Waals surface area contributed by atoms with Gasteiger partial charge in [-0.1, -0.05) is 36.4 Å². The van der Waals surface area contributed by atoms with E-state index in [4.69, 9.17) is 4.74 Å². The normalized spacial score (nSPS) is 11.6. The predicted molar refractivity (Wildman–Crippen MR) is 114 cm³/mol. The summed E-state index contributed by atoms with van der Waals surface area (Å²) < 4.78 is 6.93. The molecule has 0 spiro atoms. The van der Waals surface area contributed by atoms with E-state index in [9.17, 15) is 4.79 Å². The van der Waals surface area contributed by atoms with Crippen molar-refractivity contribution in [1.29, 1.82) is 0 Å². The molecule has 2 aromatic carbocycles. The number of Topliss-reactive ketones (excluding diaryl/α,β-unsaturated/α-hetero) is 1. The summed E-state index contributed by atoms with van der Waals surface area (Å²) in [5.41, 5.74) is 4.61. The number of hydrogen-bond acceptors (Lipinski definition) is 6. The molecule has 30 heavy (non-hydrogen) atoms. The number of ketones is 1. The highest BCUT2D eigenvalue weighted by molar-refractivity contribution is 5.85. The van der Waals surface area contributed by atoms with E-state index >= 15 is 0 Å². The molecule has 5 rings (SSSR count). The van der Waals surface area contributed by atoms with Gasteiger partial charge in [-0.3, -0.25) is 9.36 Å². The number of rotatable bonds is 5. The Kier molecular flexibility index (Phi) is 4.57. The summed E-state index contributed by atoms with van der Waals surface area (Å²) in [7, 11) is 1.53. The number of anilines is 2. The molecule has 7 nitrogen and oxygen atoms in total. The topological polar surface area (TPSA) is 81.9 Å². The predicted octanol–water partition coefficient (Wildman–Crippen LogP) is 3.81. The van der Waals surface area contributed by atoms with Crippen molar-refractivity contribution in [3.63, 3.8) is 0 Å². The van der Waals surface area contributed by atoms with E-state index in [1.807, 2.05) is 65.2 Å². The lowest BCUT2D eigenvalue weighted by Crippen LogP contribution is -2.09. The zero-order valence-electron chi connectivity index (χ0n) is 16.4. The van der Waals surface area contributed by atoms with Crippen molar-refractivity contribution in [3.05, 3.63) is 72.4 Å². The Labute approximate surface area is 173 Å². The molecule has 2 aromatic heterocycles. The lowest BCUT2D eigenvalue weighted by atomic mass is 10.1. The fourth-order valence-corrected chi connectivity index (χ4v) is 3.67. The molecule has 0 amide bonds. The summed E-state index contributed by atoms with van der Waals surface area (Å²) in [5.74, 6) is 2.25. The van der Waals surface area contributed by atoms with Gasteiger partial charge in [0.1, 0.15) is 6.61 Å². The van der Waals surface area contributed by atoms with Gasteiger partial charge in [-0.15, -0.1) is 10.2 Å². The quantitative estimate of drug-likeness (QED) is 0.486. The zero-order valence-corrected chi connectivity index (χ0v) is 16.4. The van der Waals surface area contributed by atoms with Gasteiger partial charge in [0.15, 0.2) is 23.2 Å². The van der Waals surface area contributed by atoms with Crippen molar-refractivity contribution in [1.82, 2.24) is 19.7 Å². The second-order valence-electron chi connectivity index (χ2n) is 7.07. The van der Waals surface area contributed by atoms with Crippen LogP contribution in [0.25, 0.3) is 28.5 Å². The first-order valence-corrected chi connectivity index (χ1v) is 9.62. The van der Waals surface area contributed by atoms with E-state index in [1.54, 1.807) is 6.20 Å². The van der Waals surface area contributed by atoms with Crippen molar-refractivity contribution >= 4 is 17.3 Å². The van der Waals surface area contributed by atoms with Gasteiger partial charge >= 0.3 is 0 Å². The summed E-state index contributed by atoms with van der Waals surface area (Å²) >= 11 is 0. The van der Waals surface area contributed by atoms with E-state index in [1.165, 1.54) is 7.11 Å². The lowest BCUT2D eigenvalue weighted by molar-refractivity contribution is -0.121. The number of ether oxygens (including phenoxy) is 1. The van der Waals surface area contributed by atoms with Crippen LogP contribution in [0.4, 0.5) is 11.5 Å². The molecule has 0 atom stereocenters. The molecule has 0 bridgehead atoms. The van der Waals surface area contributed by atoms with Crippen LogP contribution in [0.5, 0.6) is 0 Å². The highest BCUT2D eigenvalue weighted by Crippen LogP contribution is 2.38.